The van der Waals surface area contributed by atoms with Gasteiger partial charge in [0.1, 0.15) is 0 Å². The summed E-state index contributed by atoms with van der Waals surface area (Å²) in [6, 6.07) is 6.22. The number of rotatable bonds is 2. The number of Topliss-reactive ketones (excluding diaryl/α,β-unsaturated/α-hetero) is 1. The Morgan fingerprint density at radius 1 is 1.21 bits per heavy atom. The van der Waals surface area contributed by atoms with Crippen molar-refractivity contribution < 1.29 is 9.72 Å². The second kappa shape index (κ2) is 4.94. The third kappa shape index (κ3) is 2.22. The Morgan fingerprint density at radius 3 is 2.58 bits per heavy atom. The topological polar surface area (TPSA) is 90.4 Å². The van der Waals surface area contributed by atoms with Crippen molar-refractivity contribution in [2.75, 3.05) is 0 Å². The highest BCUT2D eigenvalue weighted by Crippen LogP contribution is 2.39. The van der Waals surface area contributed by atoms with E-state index in [9.17, 15) is 14.9 Å². The minimum absolute atomic E-state index is 0.0307. The first-order valence-electron chi connectivity index (χ1n) is 7.50. The van der Waals surface area contributed by atoms with Crippen LogP contribution in [0.5, 0.6) is 0 Å². The first kappa shape index (κ1) is 14.9. The molecular formula is C16H14N4O3S. The number of benzene rings is 1. The zero-order chi connectivity index (χ0) is 17.1. The van der Waals surface area contributed by atoms with Crippen LogP contribution in [0.25, 0.3) is 16.3 Å². The van der Waals surface area contributed by atoms with Crippen LogP contribution in [0.3, 0.4) is 0 Å². The third-order valence-electron chi connectivity index (χ3n) is 4.23. The standard InChI is InChI=1S/C16H14N4O3S/c1-16(2)7-11-13(12(21)8-16)24-15-18-17-14(19(11)15)9-3-5-10(6-4-9)20(22)23/h3-6H,7-8H2,1-2H3. The van der Waals surface area contributed by atoms with Gasteiger partial charge in [0.25, 0.3) is 5.69 Å². The maximum absolute atomic E-state index is 12.4. The van der Waals surface area contributed by atoms with Gasteiger partial charge >= 0.3 is 0 Å². The number of nitro groups is 1. The van der Waals surface area contributed by atoms with Gasteiger partial charge in [0.05, 0.1) is 9.80 Å². The first-order chi connectivity index (χ1) is 11.4. The Balaban J connectivity index is 1.89. The summed E-state index contributed by atoms with van der Waals surface area (Å²) in [4.78, 5) is 24.2. The summed E-state index contributed by atoms with van der Waals surface area (Å²) >= 11 is 1.36. The molecule has 4 rings (SSSR count). The number of thiazole rings is 1. The Labute approximate surface area is 141 Å². The number of aromatic nitrogens is 3. The van der Waals surface area contributed by atoms with E-state index in [2.05, 4.69) is 24.0 Å². The van der Waals surface area contributed by atoms with E-state index < -0.39 is 4.92 Å². The number of carbonyl (C=O) groups is 1. The number of nitrogens with zero attached hydrogens (tertiary/aromatic N) is 4. The zero-order valence-corrected chi connectivity index (χ0v) is 14.0. The van der Waals surface area contributed by atoms with Crippen LogP contribution in [0.1, 0.15) is 35.6 Å². The smallest absolute Gasteiger partial charge is 0.269 e. The molecule has 0 unspecified atom stereocenters. The molecular weight excluding hydrogens is 328 g/mol. The van der Waals surface area contributed by atoms with Crippen molar-refractivity contribution in [1.29, 1.82) is 0 Å². The van der Waals surface area contributed by atoms with Crippen LogP contribution in [0.2, 0.25) is 0 Å². The van der Waals surface area contributed by atoms with Crippen LogP contribution in [0, 0.1) is 15.5 Å². The molecule has 122 valence electrons. The molecule has 0 saturated heterocycles. The van der Waals surface area contributed by atoms with Crippen LogP contribution in [-0.2, 0) is 6.42 Å². The van der Waals surface area contributed by atoms with Gasteiger partial charge in [0, 0.05) is 29.8 Å². The molecule has 24 heavy (non-hydrogen) atoms. The van der Waals surface area contributed by atoms with E-state index >= 15 is 0 Å². The number of ketones is 1. The van der Waals surface area contributed by atoms with Gasteiger partial charge in [-0.2, -0.15) is 0 Å². The van der Waals surface area contributed by atoms with Crippen molar-refractivity contribution in [2.24, 2.45) is 5.41 Å². The molecule has 0 aliphatic heterocycles. The monoisotopic (exact) mass is 342 g/mol. The third-order valence-corrected chi connectivity index (χ3v) is 5.35. The number of hydrogen-bond acceptors (Lipinski definition) is 6. The number of nitro benzene ring substituents is 1. The van der Waals surface area contributed by atoms with Crippen molar-refractivity contribution in [3.63, 3.8) is 0 Å². The maximum atomic E-state index is 12.4. The summed E-state index contributed by atoms with van der Waals surface area (Å²) in [7, 11) is 0. The summed E-state index contributed by atoms with van der Waals surface area (Å²) in [6.07, 6.45) is 1.30. The molecule has 0 spiro atoms. The van der Waals surface area contributed by atoms with Crippen LogP contribution in [0.15, 0.2) is 24.3 Å². The van der Waals surface area contributed by atoms with Crippen LogP contribution in [0.4, 0.5) is 5.69 Å². The van der Waals surface area contributed by atoms with Crippen LogP contribution < -0.4 is 0 Å². The van der Waals surface area contributed by atoms with Crippen molar-refractivity contribution in [3.8, 4) is 11.4 Å². The lowest BCUT2D eigenvalue weighted by atomic mass is 9.78. The molecule has 7 nitrogen and oxygen atoms in total. The molecule has 0 fully saturated rings. The lowest BCUT2D eigenvalue weighted by Crippen LogP contribution is -2.26. The fraction of sp³-hybridized carbons (Fsp3) is 0.312. The summed E-state index contributed by atoms with van der Waals surface area (Å²) in [5.41, 5.74) is 1.61. The summed E-state index contributed by atoms with van der Waals surface area (Å²) in [5.74, 6) is 0.759. The molecule has 2 heterocycles. The molecule has 0 N–H and O–H groups in total. The van der Waals surface area contributed by atoms with Crippen molar-refractivity contribution in [3.05, 3.63) is 45.0 Å². The number of hydrogen-bond donors (Lipinski definition) is 0. The quantitative estimate of drug-likeness (QED) is 0.525. The van der Waals surface area contributed by atoms with Gasteiger partial charge < -0.3 is 0 Å². The van der Waals surface area contributed by atoms with E-state index in [4.69, 9.17) is 0 Å². The molecule has 3 aromatic rings. The molecule has 0 radical (unpaired) electrons. The second-order valence-electron chi connectivity index (χ2n) is 6.76. The SMILES string of the molecule is CC1(C)CC(=O)c2sc3nnc(-c4ccc([N+](=O)[O-])cc4)n3c2C1. The van der Waals surface area contributed by atoms with E-state index in [0.717, 1.165) is 22.6 Å². The molecule has 1 aliphatic rings. The fourth-order valence-electron chi connectivity index (χ4n) is 3.16. The van der Waals surface area contributed by atoms with Gasteiger partial charge in [0.15, 0.2) is 11.6 Å². The molecule has 0 atom stereocenters. The number of fused-ring (bicyclic) bond motifs is 3. The predicted molar refractivity (Wildman–Crippen MR) is 89.4 cm³/mol. The van der Waals surface area contributed by atoms with Crippen LogP contribution in [-0.4, -0.2) is 25.3 Å². The van der Waals surface area contributed by atoms with Crippen molar-refractivity contribution >= 4 is 27.8 Å². The fourth-order valence-corrected chi connectivity index (χ4v) is 4.18. The van der Waals surface area contributed by atoms with Gasteiger partial charge in [-0.3, -0.25) is 19.3 Å². The van der Waals surface area contributed by atoms with Gasteiger partial charge in [-0.15, -0.1) is 10.2 Å². The van der Waals surface area contributed by atoms with Crippen LogP contribution >= 0.6 is 11.3 Å². The van der Waals surface area contributed by atoms with Crippen molar-refractivity contribution in [1.82, 2.24) is 14.6 Å². The Kier molecular flexibility index (Phi) is 3.08. The van der Waals surface area contributed by atoms with Gasteiger partial charge in [-0.05, 0) is 24.0 Å². The van der Waals surface area contributed by atoms with E-state index in [1.807, 2.05) is 4.40 Å². The molecule has 1 aliphatic carbocycles. The van der Waals surface area contributed by atoms with E-state index in [1.165, 1.54) is 23.5 Å². The highest BCUT2D eigenvalue weighted by atomic mass is 32.1. The Morgan fingerprint density at radius 2 is 1.92 bits per heavy atom. The molecule has 0 amide bonds. The highest BCUT2D eigenvalue weighted by Gasteiger charge is 2.35. The highest BCUT2D eigenvalue weighted by molar-refractivity contribution is 7.19. The van der Waals surface area contributed by atoms with E-state index in [1.54, 1.807) is 12.1 Å². The number of carbonyl (C=O) groups excluding carboxylic acids is 1. The molecule has 0 bridgehead atoms. The normalized spacial score (nSPS) is 16.3. The predicted octanol–water partition coefficient (Wildman–Crippen LogP) is 3.52. The lowest BCUT2D eigenvalue weighted by molar-refractivity contribution is -0.384. The maximum Gasteiger partial charge on any atom is 0.269 e. The Bertz CT molecular complexity index is 985. The lowest BCUT2D eigenvalue weighted by Gasteiger charge is -2.28. The van der Waals surface area contributed by atoms with Gasteiger partial charge in [0.2, 0.25) is 4.96 Å². The largest absolute Gasteiger partial charge is 0.293 e. The summed E-state index contributed by atoms with van der Waals surface area (Å²) < 4.78 is 1.92. The zero-order valence-electron chi connectivity index (χ0n) is 13.1. The first-order valence-corrected chi connectivity index (χ1v) is 8.32. The summed E-state index contributed by atoms with van der Waals surface area (Å²) in [6.45, 7) is 4.15. The van der Waals surface area contributed by atoms with Gasteiger partial charge in [-0.25, -0.2) is 0 Å². The minimum Gasteiger partial charge on any atom is -0.293 e. The molecule has 8 heteroatoms. The van der Waals surface area contributed by atoms with E-state index in [0.29, 0.717) is 17.2 Å². The second-order valence-corrected chi connectivity index (χ2v) is 7.74. The molecule has 1 aromatic carbocycles. The molecule has 2 aromatic heterocycles. The number of non-ortho nitro benzene ring substituents is 1. The Hall–Kier alpha value is -2.61. The average molecular weight is 342 g/mol. The van der Waals surface area contributed by atoms with Crippen molar-refractivity contribution in [2.45, 2.75) is 26.7 Å². The van der Waals surface area contributed by atoms with E-state index in [-0.39, 0.29) is 16.9 Å². The van der Waals surface area contributed by atoms with Gasteiger partial charge in [-0.1, -0.05) is 25.2 Å². The minimum atomic E-state index is -0.434. The average Bonchev–Trinajstić information content (AvgIpc) is 3.06. The molecule has 0 saturated carbocycles. The summed E-state index contributed by atoms with van der Waals surface area (Å²) in [5, 5.41) is 19.2.